The van der Waals surface area contributed by atoms with Crippen molar-refractivity contribution in [3.05, 3.63) is 0 Å². The van der Waals surface area contributed by atoms with Crippen LogP contribution in [0, 0.1) is 0 Å². The normalized spacial score (nSPS) is 11.4. The number of quaternary nitrogens is 1. The largest absolute Gasteiger partial charge is 0.480 e. The van der Waals surface area contributed by atoms with Crippen LogP contribution in [-0.2, 0) is 19.2 Å². The summed E-state index contributed by atoms with van der Waals surface area (Å²) in [5, 5.41) is 35.5. The molecule has 0 heterocycles. The van der Waals surface area contributed by atoms with Crippen LogP contribution in [0.25, 0.3) is 0 Å². The van der Waals surface area contributed by atoms with E-state index < -0.39 is 54.5 Å². The smallest absolute Gasteiger partial charge is 0.359 e. The first-order valence-corrected chi connectivity index (χ1v) is 6.75. The Morgan fingerprint density at radius 3 is 1.52 bits per heavy atom. The van der Waals surface area contributed by atoms with Gasteiger partial charge in [0.25, 0.3) is 0 Å². The Morgan fingerprint density at radius 2 is 1.22 bits per heavy atom. The maximum absolute atomic E-state index is 11.0. The third kappa shape index (κ3) is 9.39. The van der Waals surface area contributed by atoms with Crippen LogP contribution in [0.15, 0.2) is 0 Å². The summed E-state index contributed by atoms with van der Waals surface area (Å²) in [7, 11) is 0. The highest BCUT2D eigenvalue weighted by molar-refractivity contribution is 5.72. The summed E-state index contributed by atoms with van der Waals surface area (Å²) in [4.78, 5) is 44.6. The van der Waals surface area contributed by atoms with Gasteiger partial charge in [-0.25, -0.2) is 9.59 Å². The molecular weight excluding hydrogens is 314 g/mol. The highest BCUT2D eigenvalue weighted by atomic mass is 16.4. The SMILES string of the molecule is NCC[N+](CCN(CC(=O)O)CC(=O)O)(CC(=O)O)CC(=O)O. The van der Waals surface area contributed by atoms with Crippen LogP contribution in [0.5, 0.6) is 0 Å². The number of hydrogen-bond donors (Lipinski definition) is 5. The summed E-state index contributed by atoms with van der Waals surface area (Å²) < 4.78 is -0.392. The molecule has 0 aromatic carbocycles. The van der Waals surface area contributed by atoms with Crippen LogP contribution in [0.4, 0.5) is 0 Å². The van der Waals surface area contributed by atoms with Crippen LogP contribution >= 0.6 is 0 Å². The summed E-state index contributed by atoms with van der Waals surface area (Å²) >= 11 is 0. The van der Waals surface area contributed by atoms with Gasteiger partial charge in [-0.2, -0.15) is 0 Å². The molecule has 0 aliphatic heterocycles. The first-order valence-electron chi connectivity index (χ1n) is 6.75. The van der Waals surface area contributed by atoms with Crippen molar-refractivity contribution in [1.82, 2.24) is 4.90 Å². The van der Waals surface area contributed by atoms with Gasteiger partial charge in [0, 0.05) is 13.1 Å². The van der Waals surface area contributed by atoms with Crippen molar-refractivity contribution < 1.29 is 44.1 Å². The average molecular weight is 336 g/mol. The highest BCUT2D eigenvalue weighted by Gasteiger charge is 2.33. The molecule has 0 aliphatic rings. The van der Waals surface area contributed by atoms with Crippen LogP contribution < -0.4 is 5.73 Å². The third-order valence-corrected chi connectivity index (χ3v) is 3.15. The monoisotopic (exact) mass is 336 g/mol. The molecule has 0 rings (SSSR count). The predicted octanol–water partition coefficient (Wildman–Crippen LogP) is -2.60. The lowest BCUT2D eigenvalue weighted by atomic mass is 10.2. The van der Waals surface area contributed by atoms with Gasteiger partial charge in [0.1, 0.15) is 0 Å². The molecule has 23 heavy (non-hydrogen) atoms. The minimum absolute atomic E-state index is 0.0401. The van der Waals surface area contributed by atoms with Gasteiger partial charge >= 0.3 is 23.9 Å². The van der Waals surface area contributed by atoms with E-state index in [2.05, 4.69) is 0 Å². The first kappa shape index (κ1) is 20.8. The van der Waals surface area contributed by atoms with E-state index >= 15 is 0 Å². The molecule has 0 atom stereocenters. The number of nitrogens with two attached hydrogens (primary N) is 1. The Labute approximate surface area is 132 Å². The van der Waals surface area contributed by atoms with Crippen molar-refractivity contribution in [1.29, 1.82) is 0 Å². The Balaban J connectivity index is 5.13. The van der Waals surface area contributed by atoms with Gasteiger partial charge < -0.3 is 30.6 Å². The minimum Gasteiger partial charge on any atom is -0.480 e. The molecule has 132 valence electrons. The zero-order valence-corrected chi connectivity index (χ0v) is 12.6. The van der Waals surface area contributed by atoms with Crippen molar-refractivity contribution >= 4 is 23.9 Å². The molecule has 6 N–H and O–H groups in total. The fourth-order valence-electron chi connectivity index (χ4n) is 2.28. The van der Waals surface area contributed by atoms with E-state index in [0.29, 0.717) is 0 Å². The molecule has 0 aromatic rings. The van der Waals surface area contributed by atoms with Gasteiger partial charge in [0.15, 0.2) is 13.1 Å². The van der Waals surface area contributed by atoms with E-state index in [9.17, 15) is 19.2 Å². The molecule has 0 bridgehead atoms. The Hall–Kier alpha value is -2.24. The number of rotatable bonds is 13. The first-order chi connectivity index (χ1) is 10.6. The Morgan fingerprint density at radius 1 is 0.783 bits per heavy atom. The number of nitrogens with zero attached hydrogens (tertiary/aromatic N) is 2. The van der Waals surface area contributed by atoms with Crippen molar-refractivity contribution in [2.45, 2.75) is 0 Å². The van der Waals surface area contributed by atoms with E-state index in [0.717, 1.165) is 4.90 Å². The van der Waals surface area contributed by atoms with Gasteiger partial charge in [0.2, 0.25) is 0 Å². The van der Waals surface area contributed by atoms with E-state index in [1.165, 1.54) is 0 Å². The molecule has 11 heteroatoms. The third-order valence-electron chi connectivity index (χ3n) is 3.15. The topological polar surface area (TPSA) is 178 Å². The van der Waals surface area contributed by atoms with E-state index in [1.807, 2.05) is 0 Å². The van der Waals surface area contributed by atoms with Gasteiger partial charge in [0.05, 0.1) is 26.2 Å². The number of carboxylic acids is 4. The van der Waals surface area contributed by atoms with Crippen LogP contribution in [0.2, 0.25) is 0 Å². The van der Waals surface area contributed by atoms with Gasteiger partial charge in [-0.3, -0.25) is 14.5 Å². The molecule has 0 spiro atoms. The second-order valence-corrected chi connectivity index (χ2v) is 5.18. The van der Waals surface area contributed by atoms with Crippen LogP contribution in [-0.4, -0.2) is 106 Å². The fourth-order valence-corrected chi connectivity index (χ4v) is 2.28. The lowest BCUT2D eigenvalue weighted by Crippen LogP contribution is -2.59. The van der Waals surface area contributed by atoms with Crippen molar-refractivity contribution in [3.63, 3.8) is 0 Å². The molecule has 0 saturated heterocycles. The summed E-state index contributed by atoms with van der Waals surface area (Å²) in [6.07, 6.45) is 0. The van der Waals surface area contributed by atoms with Crippen molar-refractivity contribution in [3.8, 4) is 0 Å². The van der Waals surface area contributed by atoms with Crippen LogP contribution in [0.1, 0.15) is 0 Å². The zero-order chi connectivity index (χ0) is 18.0. The zero-order valence-electron chi connectivity index (χ0n) is 12.6. The van der Waals surface area contributed by atoms with Crippen LogP contribution in [0.3, 0.4) is 0 Å². The number of carbonyl (C=O) groups is 4. The lowest BCUT2D eigenvalue weighted by Gasteiger charge is -2.36. The highest BCUT2D eigenvalue weighted by Crippen LogP contribution is 2.07. The maximum atomic E-state index is 11.0. The quantitative estimate of drug-likeness (QED) is 0.224. The minimum atomic E-state index is -1.24. The number of carboxylic acid groups (broad SMARTS) is 4. The van der Waals surface area contributed by atoms with Crippen molar-refractivity contribution in [2.24, 2.45) is 5.73 Å². The summed E-state index contributed by atoms with van der Waals surface area (Å²) in [5.74, 6) is -4.91. The molecule has 0 fully saturated rings. The second-order valence-electron chi connectivity index (χ2n) is 5.18. The Bertz CT molecular complexity index is 422. The number of aliphatic carboxylic acids is 4. The maximum Gasteiger partial charge on any atom is 0.359 e. The molecule has 0 unspecified atom stereocenters. The Kier molecular flexibility index (Phi) is 8.77. The molecule has 0 radical (unpaired) electrons. The van der Waals surface area contributed by atoms with E-state index in [1.54, 1.807) is 0 Å². The molecule has 0 aromatic heterocycles. The fraction of sp³-hybridized carbons (Fsp3) is 0.667. The molecule has 0 saturated carbocycles. The predicted molar refractivity (Wildman–Crippen MR) is 75.8 cm³/mol. The average Bonchev–Trinajstić information content (AvgIpc) is 2.33. The molecule has 11 nitrogen and oxygen atoms in total. The molecular formula is C12H22N3O8+. The van der Waals surface area contributed by atoms with E-state index in [4.69, 9.17) is 26.2 Å². The van der Waals surface area contributed by atoms with Gasteiger partial charge in [-0.15, -0.1) is 0 Å². The second kappa shape index (κ2) is 9.71. The van der Waals surface area contributed by atoms with E-state index in [-0.39, 0.29) is 26.2 Å². The summed E-state index contributed by atoms with van der Waals surface area (Å²) in [5.41, 5.74) is 5.43. The van der Waals surface area contributed by atoms with Gasteiger partial charge in [-0.05, 0) is 0 Å². The lowest BCUT2D eigenvalue weighted by molar-refractivity contribution is -0.912. The summed E-state index contributed by atoms with van der Waals surface area (Å²) in [6.45, 7) is -2.13. The molecule has 0 amide bonds. The summed E-state index contributed by atoms with van der Waals surface area (Å²) in [6, 6.07) is 0. The number of hydrogen-bond acceptors (Lipinski definition) is 6. The van der Waals surface area contributed by atoms with Gasteiger partial charge in [-0.1, -0.05) is 0 Å². The standard InChI is InChI=1S/C12H21N3O8/c13-1-3-15(7-11(20)21,8-12(22)23)4-2-14(5-9(16)17)6-10(18)19/h1-8,13H2,(H3-,16,17,18,19,20,21,22,23)/p+1. The van der Waals surface area contributed by atoms with Crippen molar-refractivity contribution in [2.75, 3.05) is 52.4 Å². The molecule has 0 aliphatic carbocycles.